The van der Waals surface area contributed by atoms with Gasteiger partial charge in [-0.15, -0.1) is 0 Å². The molecule has 0 saturated carbocycles. The van der Waals surface area contributed by atoms with Crippen molar-refractivity contribution >= 4 is 0 Å². The molecule has 0 amide bonds. The standard InChI is InChI=1S/C28H26O3/c1-22-10-8-9-15-28(22)31-21-25-16-26(29-19-23-11-4-2-5-12-23)18-27(17-25)30-20-24-13-6-3-7-14-24/h2-18H,19-21H2,1H3. The van der Waals surface area contributed by atoms with Crippen LogP contribution in [0.25, 0.3) is 0 Å². The number of ether oxygens (including phenoxy) is 3. The molecule has 3 nitrogen and oxygen atoms in total. The molecular weight excluding hydrogens is 384 g/mol. The van der Waals surface area contributed by atoms with E-state index in [1.807, 2.05) is 85.8 Å². The first-order valence-electron chi connectivity index (χ1n) is 10.4. The third-order valence-electron chi connectivity index (χ3n) is 4.92. The lowest BCUT2D eigenvalue weighted by Crippen LogP contribution is -2.02. The Balaban J connectivity index is 1.49. The molecule has 0 atom stereocenters. The van der Waals surface area contributed by atoms with Crippen LogP contribution in [0.1, 0.15) is 22.3 Å². The van der Waals surface area contributed by atoms with Crippen molar-refractivity contribution in [2.24, 2.45) is 0 Å². The molecule has 3 heteroatoms. The van der Waals surface area contributed by atoms with Crippen LogP contribution in [-0.2, 0) is 19.8 Å². The molecule has 0 heterocycles. The molecule has 0 spiro atoms. The van der Waals surface area contributed by atoms with E-state index in [-0.39, 0.29) is 0 Å². The van der Waals surface area contributed by atoms with Crippen molar-refractivity contribution in [1.29, 1.82) is 0 Å². The third kappa shape index (κ3) is 6.13. The maximum absolute atomic E-state index is 6.07. The average Bonchev–Trinajstić information content (AvgIpc) is 2.82. The molecule has 156 valence electrons. The Morgan fingerprint density at radius 3 is 1.52 bits per heavy atom. The summed E-state index contributed by atoms with van der Waals surface area (Å²) in [7, 11) is 0. The Morgan fingerprint density at radius 2 is 0.968 bits per heavy atom. The molecule has 0 aliphatic heterocycles. The summed E-state index contributed by atoms with van der Waals surface area (Å²) in [4.78, 5) is 0. The normalized spacial score (nSPS) is 10.5. The van der Waals surface area contributed by atoms with E-state index in [1.165, 1.54) is 0 Å². The number of rotatable bonds is 9. The molecular formula is C28H26O3. The summed E-state index contributed by atoms with van der Waals surface area (Å²) in [6.07, 6.45) is 0. The summed E-state index contributed by atoms with van der Waals surface area (Å²) >= 11 is 0. The van der Waals surface area contributed by atoms with Crippen LogP contribution < -0.4 is 14.2 Å². The summed E-state index contributed by atoms with van der Waals surface area (Å²) in [5.41, 5.74) is 4.35. The number of hydrogen-bond acceptors (Lipinski definition) is 3. The van der Waals surface area contributed by atoms with Gasteiger partial charge in [0.2, 0.25) is 0 Å². The second kappa shape index (κ2) is 10.4. The van der Waals surface area contributed by atoms with Crippen molar-refractivity contribution in [1.82, 2.24) is 0 Å². The Labute approximate surface area is 183 Å². The van der Waals surface area contributed by atoms with E-state index in [4.69, 9.17) is 14.2 Å². The van der Waals surface area contributed by atoms with Gasteiger partial charge in [-0.1, -0.05) is 78.9 Å². The minimum atomic E-state index is 0.440. The Hall–Kier alpha value is -3.72. The van der Waals surface area contributed by atoms with E-state index in [2.05, 4.69) is 24.3 Å². The molecule has 0 aliphatic rings. The van der Waals surface area contributed by atoms with Crippen molar-refractivity contribution in [2.75, 3.05) is 0 Å². The molecule has 0 saturated heterocycles. The zero-order chi connectivity index (χ0) is 21.3. The van der Waals surface area contributed by atoms with Gasteiger partial charge in [-0.2, -0.15) is 0 Å². The van der Waals surface area contributed by atoms with Crippen LogP contribution in [0, 0.1) is 6.92 Å². The highest BCUT2D eigenvalue weighted by molar-refractivity contribution is 5.39. The molecule has 4 rings (SSSR count). The minimum absolute atomic E-state index is 0.440. The van der Waals surface area contributed by atoms with Gasteiger partial charge in [0.05, 0.1) is 0 Å². The second-order valence-electron chi connectivity index (χ2n) is 7.42. The Bertz CT molecular complexity index is 1030. The summed E-state index contributed by atoms with van der Waals surface area (Å²) in [5, 5.41) is 0. The van der Waals surface area contributed by atoms with Gasteiger partial charge in [0.15, 0.2) is 0 Å². The van der Waals surface area contributed by atoms with Crippen LogP contribution in [0.2, 0.25) is 0 Å². The fraction of sp³-hybridized carbons (Fsp3) is 0.143. The first-order chi connectivity index (χ1) is 15.3. The third-order valence-corrected chi connectivity index (χ3v) is 4.92. The molecule has 0 N–H and O–H groups in total. The van der Waals surface area contributed by atoms with E-state index >= 15 is 0 Å². The van der Waals surface area contributed by atoms with Crippen LogP contribution >= 0.6 is 0 Å². The molecule has 0 unspecified atom stereocenters. The molecule has 4 aromatic rings. The van der Waals surface area contributed by atoms with Gasteiger partial charge >= 0.3 is 0 Å². The van der Waals surface area contributed by atoms with Gasteiger partial charge in [-0.25, -0.2) is 0 Å². The number of para-hydroxylation sites is 1. The van der Waals surface area contributed by atoms with Gasteiger partial charge < -0.3 is 14.2 Å². The van der Waals surface area contributed by atoms with Gasteiger partial charge in [-0.3, -0.25) is 0 Å². The van der Waals surface area contributed by atoms with Crippen molar-refractivity contribution in [3.63, 3.8) is 0 Å². The molecule has 31 heavy (non-hydrogen) atoms. The number of benzene rings is 4. The highest BCUT2D eigenvalue weighted by atomic mass is 16.5. The quantitative estimate of drug-likeness (QED) is 0.306. The lowest BCUT2D eigenvalue weighted by Gasteiger charge is -2.14. The largest absolute Gasteiger partial charge is 0.489 e. The Morgan fingerprint density at radius 1 is 0.484 bits per heavy atom. The van der Waals surface area contributed by atoms with Crippen LogP contribution in [0.15, 0.2) is 103 Å². The van der Waals surface area contributed by atoms with Gasteiger partial charge in [0.25, 0.3) is 0 Å². The van der Waals surface area contributed by atoms with Crippen molar-refractivity contribution in [2.45, 2.75) is 26.7 Å². The average molecular weight is 411 g/mol. The van der Waals surface area contributed by atoms with Gasteiger partial charge in [0, 0.05) is 6.07 Å². The highest BCUT2D eigenvalue weighted by Crippen LogP contribution is 2.26. The summed E-state index contributed by atoms with van der Waals surface area (Å²) in [6, 6.07) is 34.2. The SMILES string of the molecule is Cc1ccccc1OCc1cc(OCc2ccccc2)cc(OCc2ccccc2)c1. The molecule has 0 bridgehead atoms. The second-order valence-corrected chi connectivity index (χ2v) is 7.42. The molecule has 0 radical (unpaired) electrons. The van der Waals surface area contributed by atoms with Crippen LogP contribution in [-0.4, -0.2) is 0 Å². The van der Waals surface area contributed by atoms with Crippen molar-refractivity contribution in [3.8, 4) is 17.2 Å². The lowest BCUT2D eigenvalue weighted by atomic mass is 10.2. The van der Waals surface area contributed by atoms with E-state index in [9.17, 15) is 0 Å². The fourth-order valence-electron chi connectivity index (χ4n) is 3.24. The first kappa shape index (κ1) is 20.5. The van der Waals surface area contributed by atoms with Gasteiger partial charge in [0.1, 0.15) is 37.1 Å². The monoisotopic (exact) mass is 410 g/mol. The van der Waals surface area contributed by atoms with Crippen LogP contribution in [0.5, 0.6) is 17.2 Å². The predicted molar refractivity (Wildman–Crippen MR) is 124 cm³/mol. The van der Waals surface area contributed by atoms with E-state index < -0.39 is 0 Å². The molecule has 0 aliphatic carbocycles. The topological polar surface area (TPSA) is 27.7 Å². The van der Waals surface area contributed by atoms with Crippen LogP contribution in [0.3, 0.4) is 0 Å². The molecule has 4 aromatic carbocycles. The highest BCUT2D eigenvalue weighted by Gasteiger charge is 2.07. The fourth-order valence-corrected chi connectivity index (χ4v) is 3.24. The summed E-state index contributed by atoms with van der Waals surface area (Å²) < 4.78 is 18.2. The maximum Gasteiger partial charge on any atom is 0.123 e. The Kier molecular flexibility index (Phi) is 6.86. The lowest BCUT2D eigenvalue weighted by molar-refractivity contribution is 0.281. The van der Waals surface area contributed by atoms with Gasteiger partial charge in [-0.05, 0) is 47.4 Å². The number of hydrogen-bond donors (Lipinski definition) is 0. The number of aryl methyl sites for hydroxylation is 1. The smallest absolute Gasteiger partial charge is 0.123 e. The molecule has 0 fully saturated rings. The predicted octanol–water partition coefficient (Wildman–Crippen LogP) is 6.73. The van der Waals surface area contributed by atoms with E-state index in [1.54, 1.807) is 0 Å². The van der Waals surface area contributed by atoms with E-state index in [0.29, 0.717) is 19.8 Å². The zero-order valence-corrected chi connectivity index (χ0v) is 17.7. The first-order valence-corrected chi connectivity index (χ1v) is 10.4. The zero-order valence-electron chi connectivity index (χ0n) is 17.7. The summed E-state index contributed by atoms with van der Waals surface area (Å²) in [5.74, 6) is 2.40. The van der Waals surface area contributed by atoms with E-state index in [0.717, 1.165) is 39.5 Å². The molecule has 0 aromatic heterocycles. The van der Waals surface area contributed by atoms with Crippen LogP contribution in [0.4, 0.5) is 0 Å². The summed E-state index contributed by atoms with van der Waals surface area (Å²) in [6.45, 7) is 3.49. The minimum Gasteiger partial charge on any atom is -0.489 e. The maximum atomic E-state index is 6.07. The van der Waals surface area contributed by atoms with Crippen molar-refractivity contribution < 1.29 is 14.2 Å². The van der Waals surface area contributed by atoms with Crippen molar-refractivity contribution in [3.05, 3.63) is 125 Å².